The molecule has 0 spiro atoms. The number of H-pyrrole nitrogens is 1. The second-order valence-corrected chi connectivity index (χ2v) is 7.41. The van der Waals surface area contributed by atoms with Crippen molar-refractivity contribution in [3.63, 3.8) is 0 Å². The summed E-state index contributed by atoms with van der Waals surface area (Å²) in [5, 5.41) is 14.7. The number of nitrogens with zero attached hydrogens (tertiary/aromatic N) is 3. The highest BCUT2D eigenvalue weighted by molar-refractivity contribution is 6.30. The van der Waals surface area contributed by atoms with Crippen LogP contribution in [-0.2, 0) is 11.2 Å². The van der Waals surface area contributed by atoms with Gasteiger partial charge in [0.25, 0.3) is 0 Å². The number of unbranched alkanes of at least 4 members (excludes halogenated alkanes) is 3. The highest BCUT2D eigenvalue weighted by Gasteiger charge is 2.32. The highest BCUT2D eigenvalue weighted by Crippen LogP contribution is 2.34. The van der Waals surface area contributed by atoms with E-state index in [4.69, 9.17) is 11.6 Å². The maximum atomic E-state index is 12.2. The number of allylic oxidation sites excluding steroid dienone is 1. The van der Waals surface area contributed by atoms with Crippen LogP contribution < -0.4 is 0 Å². The van der Waals surface area contributed by atoms with Crippen LogP contribution in [0.2, 0.25) is 5.02 Å². The third-order valence-corrected chi connectivity index (χ3v) is 5.33. The number of carbonyl (C=O) groups is 1. The summed E-state index contributed by atoms with van der Waals surface area (Å²) in [7, 11) is 0. The minimum atomic E-state index is 0.183. The minimum absolute atomic E-state index is 0.183. The number of aryl methyl sites for hydroxylation is 1. The molecule has 1 N–H and O–H groups in total. The van der Waals surface area contributed by atoms with E-state index < -0.39 is 0 Å². The lowest BCUT2D eigenvalue weighted by atomic mass is 9.89. The first kappa shape index (κ1) is 18.8. The summed E-state index contributed by atoms with van der Waals surface area (Å²) in [5.41, 5.74) is 1.09. The SMILES string of the molecule is O=C1CC[C@@H](C=Cc2cccc(Cl)c2)[C@@H]1CCCCCCc1nn[nH]n1. The first-order valence-electron chi connectivity index (χ1n) is 9.41. The van der Waals surface area contributed by atoms with Crippen molar-refractivity contribution in [2.45, 2.75) is 51.4 Å². The Labute approximate surface area is 159 Å². The van der Waals surface area contributed by atoms with E-state index in [0.29, 0.717) is 18.1 Å². The van der Waals surface area contributed by atoms with E-state index in [1.54, 1.807) is 0 Å². The van der Waals surface area contributed by atoms with Crippen LogP contribution in [-0.4, -0.2) is 26.4 Å². The van der Waals surface area contributed by atoms with E-state index in [0.717, 1.165) is 61.4 Å². The highest BCUT2D eigenvalue weighted by atomic mass is 35.5. The number of benzene rings is 1. The molecule has 6 heteroatoms. The maximum Gasteiger partial charge on any atom is 0.174 e. The van der Waals surface area contributed by atoms with Gasteiger partial charge in [0.05, 0.1) is 0 Å². The van der Waals surface area contributed by atoms with E-state index in [-0.39, 0.29) is 5.92 Å². The summed E-state index contributed by atoms with van der Waals surface area (Å²) in [6, 6.07) is 7.82. The molecule has 0 bridgehead atoms. The molecule has 2 aromatic rings. The molecule has 1 aliphatic rings. The molecule has 1 saturated carbocycles. The zero-order chi connectivity index (χ0) is 18.2. The Bertz CT molecular complexity index is 729. The fraction of sp³-hybridized carbons (Fsp3) is 0.500. The van der Waals surface area contributed by atoms with Crippen molar-refractivity contribution >= 4 is 23.5 Å². The number of aromatic amines is 1. The third-order valence-electron chi connectivity index (χ3n) is 5.09. The molecular weight excluding hydrogens is 348 g/mol. The van der Waals surface area contributed by atoms with E-state index in [1.807, 2.05) is 24.3 Å². The topological polar surface area (TPSA) is 71.5 Å². The molecule has 138 valence electrons. The largest absolute Gasteiger partial charge is 0.299 e. The molecule has 0 unspecified atom stereocenters. The molecule has 0 aliphatic heterocycles. The molecule has 0 saturated heterocycles. The number of tetrazole rings is 1. The van der Waals surface area contributed by atoms with Crippen molar-refractivity contribution in [1.82, 2.24) is 20.6 Å². The van der Waals surface area contributed by atoms with Crippen molar-refractivity contribution < 1.29 is 4.79 Å². The van der Waals surface area contributed by atoms with Gasteiger partial charge in [0.2, 0.25) is 0 Å². The predicted molar refractivity (Wildman–Crippen MR) is 103 cm³/mol. The van der Waals surface area contributed by atoms with Crippen molar-refractivity contribution in [3.8, 4) is 0 Å². The van der Waals surface area contributed by atoms with Crippen LogP contribution in [0.3, 0.4) is 0 Å². The second-order valence-electron chi connectivity index (χ2n) is 6.97. The number of hydrogen-bond donors (Lipinski definition) is 1. The molecule has 0 radical (unpaired) electrons. The summed E-state index contributed by atoms with van der Waals surface area (Å²) in [4.78, 5) is 12.2. The monoisotopic (exact) mass is 372 g/mol. The van der Waals surface area contributed by atoms with Gasteiger partial charge in [-0.15, -0.1) is 10.2 Å². The summed E-state index contributed by atoms with van der Waals surface area (Å²) in [5.74, 6) is 1.75. The Morgan fingerprint density at radius 1 is 1.23 bits per heavy atom. The fourth-order valence-electron chi connectivity index (χ4n) is 3.67. The van der Waals surface area contributed by atoms with Crippen LogP contribution >= 0.6 is 11.6 Å². The van der Waals surface area contributed by atoms with Crippen molar-refractivity contribution in [1.29, 1.82) is 0 Å². The average molecular weight is 373 g/mol. The van der Waals surface area contributed by atoms with E-state index in [2.05, 4.69) is 32.8 Å². The van der Waals surface area contributed by atoms with Crippen LogP contribution in [0, 0.1) is 11.8 Å². The number of halogens is 1. The Morgan fingerprint density at radius 2 is 2.12 bits per heavy atom. The van der Waals surface area contributed by atoms with Gasteiger partial charge in [-0.2, -0.15) is 5.21 Å². The first-order chi connectivity index (χ1) is 12.7. The number of ketones is 1. The molecule has 3 rings (SSSR count). The fourth-order valence-corrected chi connectivity index (χ4v) is 3.87. The number of aromatic nitrogens is 4. The molecule has 0 amide bonds. The molecular formula is C20H25ClN4O. The summed E-state index contributed by atoms with van der Waals surface area (Å²) < 4.78 is 0. The van der Waals surface area contributed by atoms with Crippen molar-refractivity contribution in [3.05, 3.63) is 46.8 Å². The quantitative estimate of drug-likeness (QED) is 0.650. The van der Waals surface area contributed by atoms with Gasteiger partial charge in [-0.05, 0) is 42.9 Å². The number of carbonyl (C=O) groups excluding carboxylic acids is 1. The van der Waals surface area contributed by atoms with Crippen LogP contribution in [0.1, 0.15) is 56.3 Å². The van der Waals surface area contributed by atoms with Gasteiger partial charge in [-0.1, -0.05) is 60.4 Å². The molecule has 1 aromatic heterocycles. The molecule has 1 aromatic carbocycles. The van der Waals surface area contributed by atoms with Crippen LogP contribution in [0.25, 0.3) is 6.08 Å². The van der Waals surface area contributed by atoms with E-state index in [9.17, 15) is 4.79 Å². The molecule has 1 heterocycles. The number of rotatable bonds is 9. The van der Waals surface area contributed by atoms with Crippen molar-refractivity contribution in [2.75, 3.05) is 0 Å². The Kier molecular flexibility index (Phi) is 6.95. The first-order valence-corrected chi connectivity index (χ1v) is 9.79. The lowest BCUT2D eigenvalue weighted by molar-refractivity contribution is -0.121. The zero-order valence-electron chi connectivity index (χ0n) is 14.9. The van der Waals surface area contributed by atoms with Gasteiger partial charge in [0.1, 0.15) is 5.78 Å². The molecule has 1 fully saturated rings. The smallest absolute Gasteiger partial charge is 0.174 e. The van der Waals surface area contributed by atoms with E-state index >= 15 is 0 Å². The van der Waals surface area contributed by atoms with Gasteiger partial charge in [-0.3, -0.25) is 4.79 Å². The second kappa shape index (κ2) is 9.62. The van der Waals surface area contributed by atoms with E-state index in [1.165, 1.54) is 0 Å². The standard InChI is InChI=1S/C20H25ClN4O/c21-17-7-5-6-15(14-17)10-11-16-12-13-19(26)18(16)8-3-1-2-4-9-20-22-24-25-23-20/h5-7,10-11,14,16,18H,1-4,8-9,12-13H2,(H,22,23,24,25)/t16-,18+/m1/s1. The normalized spacial score (nSPS) is 20.3. The van der Waals surface area contributed by atoms with Crippen LogP contribution in [0.4, 0.5) is 0 Å². The van der Waals surface area contributed by atoms with Gasteiger partial charge < -0.3 is 0 Å². The molecule has 5 nitrogen and oxygen atoms in total. The predicted octanol–water partition coefficient (Wildman–Crippen LogP) is 4.65. The summed E-state index contributed by atoms with van der Waals surface area (Å²) >= 11 is 6.03. The average Bonchev–Trinajstić information content (AvgIpc) is 3.27. The summed E-state index contributed by atoms with van der Waals surface area (Å²) in [6.07, 6.45) is 12.3. The molecule has 2 atom stereocenters. The van der Waals surface area contributed by atoms with Crippen molar-refractivity contribution in [2.24, 2.45) is 11.8 Å². The number of nitrogens with one attached hydrogen (secondary N) is 1. The zero-order valence-corrected chi connectivity index (χ0v) is 15.7. The van der Waals surface area contributed by atoms with Crippen LogP contribution in [0.5, 0.6) is 0 Å². The number of Topliss-reactive ketones (excluding diaryl/α,β-unsaturated/α-hetero) is 1. The van der Waals surface area contributed by atoms with Gasteiger partial charge >= 0.3 is 0 Å². The Balaban J connectivity index is 1.41. The van der Waals surface area contributed by atoms with Gasteiger partial charge in [0.15, 0.2) is 5.82 Å². The Morgan fingerprint density at radius 3 is 2.92 bits per heavy atom. The van der Waals surface area contributed by atoms with Gasteiger partial charge in [0, 0.05) is 23.8 Å². The Hall–Kier alpha value is -2.01. The molecule has 1 aliphatic carbocycles. The summed E-state index contributed by atoms with van der Waals surface area (Å²) in [6.45, 7) is 0. The minimum Gasteiger partial charge on any atom is -0.299 e. The third kappa shape index (κ3) is 5.49. The van der Waals surface area contributed by atoms with Crippen LogP contribution in [0.15, 0.2) is 30.3 Å². The number of hydrogen-bond acceptors (Lipinski definition) is 4. The lowest BCUT2D eigenvalue weighted by Crippen LogP contribution is -2.13. The molecule has 26 heavy (non-hydrogen) atoms. The lowest BCUT2D eigenvalue weighted by Gasteiger charge is -2.14. The van der Waals surface area contributed by atoms with Gasteiger partial charge in [-0.25, -0.2) is 0 Å². The maximum absolute atomic E-state index is 12.2.